The Kier molecular flexibility index (Phi) is 5.51. The summed E-state index contributed by atoms with van der Waals surface area (Å²) in [7, 11) is 0. The van der Waals surface area contributed by atoms with Crippen molar-refractivity contribution in [1.82, 2.24) is 4.90 Å². The molecular weight excluding hydrogens is 338 g/mol. The molecule has 120 valence electrons. The lowest BCUT2D eigenvalue weighted by Crippen LogP contribution is -2.34. The Bertz CT molecular complexity index is 714. The van der Waals surface area contributed by atoms with Crippen LogP contribution < -0.4 is 0 Å². The van der Waals surface area contributed by atoms with Crippen LogP contribution in [0.25, 0.3) is 6.08 Å². The summed E-state index contributed by atoms with van der Waals surface area (Å²) in [4.78, 5) is 36.5. The van der Waals surface area contributed by atoms with E-state index < -0.39 is 17.8 Å². The van der Waals surface area contributed by atoms with Crippen LogP contribution in [-0.2, 0) is 14.3 Å². The average molecular weight is 351 g/mol. The number of carbonyl (C=O) groups is 3. The summed E-state index contributed by atoms with van der Waals surface area (Å²) in [6.45, 7) is 1.64. The summed E-state index contributed by atoms with van der Waals surface area (Å²) in [6.07, 6.45) is 1.47. The van der Waals surface area contributed by atoms with Gasteiger partial charge in [-0.05, 0) is 24.6 Å². The Hall–Kier alpha value is -2.19. The van der Waals surface area contributed by atoms with Gasteiger partial charge in [0.05, 0.1) is 17.1 Å². The molecule has 0 aliphatic carbocycles. The van der Waals surface area contributed by atoms with Crippen molar-refractivity contribution < 1.29 is 24.2 Å². The van der Waals surface area contributed by atoms with Crippen molar-refractivity contribution >= 4 is 52.2 Å². The second-order valence-corrected chi connectivity index (χ2v) is 6.14. The summed E-state index contributed by atoms with van der Waals surface area (Å²) < 4.78 is 5.04. The average Bonchev–Trinajstić information content (AvgIpc) is 2.75. The zero-order chi connectivity index (χ0) is 17.0. The molecule has 0 radical (unpaired) electrons. The molecule has 0 spiro atoms. The van der Waals surface area contributed by atoms with Crippen molar-refractivity contribution in [2.24, 2.45) is 0 Å². The standard InChI is InChI=1S/C15H13NO5S2/c1-2-21-12(17)8-16-13(18)11(23-15(16)22)7-9-5-3-4-6-10(9)14(19)20/h3-7H,2,8H2,1H3,(H,19,20). The van der Waals surface area contributed by atoms with Crippen LogP contribution in [0.2, 0.25) is 0 Å². The van der Waals surface area contributed by atoms with Crippen LogP contribution in [0.5, 0.6) is 0 Å². The predicted molar refractivity (Wildman–Crippen MR) is 89.9 cm³/mol. The van der Waals surface area contributed by atoms with Crippen LogP contribution in [0, 0.1) is 0 Å². The number of hydrogen-bond acceptors (Lipinski definition) is 6. The SMILES string of the molecule is CCOC(=O)CN1C(=O)C(=Cc2ccccc2C(=O)O)SC1=S. The number of carboxylic acids is 1. The number of nitrogens with zero attached hydrogens (tertiary/aromatic N) is 1. The molecule has 1 fully saturated rings. The quantitative estimate of drug-likeness (QED) is 0.494. The predicted octanol–water partition coefficient (Wildman–Crippen LogP) is 2.15. The van der Waals surface area contributed by atoms with Crippen LogP contribution in [-0.4, -0.2) is 45.3 Å². The molecular formula is C15H13NO5S2. The molecule has 0 bridgehead atoms. The minimum atomic E-state index is -1.08. The molecule has 2 rings (SSSR count). The van der Waals surface area contributed by atoms with Gasteiger partial charge in [0.1, 0.15) is 10.9 Å². The van der Waals surface area contributed by atoms with Gasteiger partial charge in [-0.25, -0.2) is 4.79 Å². The van der Waals surface area contributed by atoms with Crippen LogP contribution in [0.15, 0.2) is 29.2 Å². The second kappa shape index (κ2) is 7.38. The van der Waals surface area contributed by atoms with Gasteiger partial charge in [-0.2, -0.15) is 0 Å². The number of thiocarbonyl (C=S) groups is 1. The molecule has 1 N–H and O–H groups in total. The normalized spacial score (nSPS) is 16.0. The van der Waals surface area contributed by atoms with Gasteiger partial charge in [0.25, 0.3) is 5.91 Å². The monoisotopic (exact) mass is 351 g/mol. The van der Waals surface area contributed by atoms with Crippen molar-refractivity contribution in [2.75, 3.05) is 13.2 Å². The highest BCUT2D eigenvalue weighted by atomic mass is 32.2. The fourth-order valence-corrected chi connectivity index (χ4v) is 3.18. The van der Waals surface area contributed by atoms with E-state index in [1.165, 1.54) is 12.1 Å². The Labute approximate surface area is 142 Å². The van der Waals surface area contributed by atoms with Gasteiger partial charge >= 0.3 is 11.9 Å². The van der Waals surface area contributed by atoms with Crippen molar-refractivity contribution in [3.63, 3.8) is 0 Å². The molecule has 1 amide bonds. The Morgan fingerprint density at radius 2 is 2.09 bits per heavy atom. The number of benzene rings is 1. The number of aromatic carboxylic acids is 1. The van der Waals surface area contributed by atoms with E-state index in [0.717, 1.165) is 16.7 Å². The fourth-order valence-electron chi connectivity index (χ4n) is 1.93. The first-order valence-corrected chi connectivity index (χ1v) is 7.89. The fraction of sp³-hybridized carbons (Fsp3) is 0.200. The third-order valence-corrected chi connectivity index (χ3v) is 4.32. The third-order valence-electron chi connectivity index (χ3n) is 2.94. The van der Waals surface area contributed by atoms with E-state index in [1.807, 2.05) is 0 Å². The lowest BCUT2D eigenvalue weighted by atomic mass is 10.1. The minimum absolute atomic E-state index is 0.0863. The molecule has 0 atom stereocenters. The number of esters is 1. The Balaban J connectivity index is 2.26. The maximum atomic E-state index is 12.3. The molecule has 1 aromatic rings. The lowest BCUT2D eigenvalue weighted by Gasteiger charge is -2.12. The van der Waals surface area contributed by atoms with E-state index in [0.29, 0.717) is 5.56 Å². The highest BCUT2D eigenvalue weighted by Gasteiger charge is 2.34. The van der Waals surface area contributed by atoms with Crippen LogP contribution >= 0.6 is 24.0 Å². The number of amides is 1. The molecule has 0 unspecified atom stereocenters. The van der Waals surface area contributed by atoms with Gasteiger partial charge in [-0.1, -0.05) is 42.2 Å². The van der Waals surface area contributed by atoms with Gasteiger partial charge in [0.15, 0.2) is 0 Å². The summed E-state index contributed by atoms with van der Waals surface area (Å²) in [5, 5.41) is 9.17. The van der Waals surface area contributed by atoms with Gasteiger partial charge < -0.3 is 9.84 Å². The molecule has 8 heteroatoms. The lowest BCUT2D eigenvalue weighted by molar-refractivity contribution is -0.145. The summed E-state index contributed by atoms with van der Waals surface area (Å²) >= 11 is 6.13. The van der Waals surface area contributed by atoms with Crippen LogP contribution in [0.3, 0.4) is 0 Å². The smallest absolute Gasteiger partial charge is 0.336 e. The molecule has 0 saturated carbocycles. The van der Waals surface area contributed by atoms with Crippen molar-refractivity contribution in [2.45, 2.75) is 6.92 Å². The van der Waals surface area contributed by atoms with Gasteiger partial charge in [0.2, 0.25) is 0 Å². The molecule has 1 aliphatic heterocycles. The minimum Gasteiger partial charge on any atom is -0.478 e. The van der Waals surface area contributed by atoms with E-state index in [1.54, 1.807) is 25.1 Å². The molecule has 6 nitrogen and oxygen atoms in total. The highest BCUT2D eigenvalue weighted by molar-refractivity contribution is 8.26. The first-order valence-electron chi connectivity index (χ1n) is 6.67. The number of ether oxygens (including phenoxy) is 1. The van der Waals surface area contributed by atoms with Crippen LogP contribution in [0.1, 0.15) is 22.8 Å². The third kappa shape index (κ3) is 3.96. The molecule has 1 aliphatic rings. The number of carboxylic acid groups (broad SMARTS) is 1. The number of thioether (sulfide) groups is 1. The van der Waals surface area contributed by atoms with Crippen molar-refractivity contribution in [1.29, 1.82) is 0 Å². The number of rotatable bonds is 5. The molecule has 1 heterocycles. The number of carbonyl (C=O) groups excluding carboxylic acids is 2. The Morgan fingerprint density at radius 1 is 1.39 bits per heavy atom. The summed E-state index contributed by atoms with van der Waals surface area (Å²) in [5.41, 5.74) is 0.486. The molecule has 1 aromatic carbocycles. The van der Waals surface area contributed by atoms with E-state index in [4.69, 9.17) is 22.1 Å². The van der Waals surface area contributed by atoms with Gasteiger partial charge in [-0.15, -0.1) is 0 Å². The van der Waals surface area contributed by atoms with Gasteiger partial charge in [0, 0.05) is 0 Å². The van der Waals surface area contributed by atoms with Crippen LogP contribution in [0.4, 0.5) is 0 Å². The molecule has 0 aromatic heterocycles. The second-order valence-electron chi connectivity index (χ2n) is 4.47. The zero-order valence-corrected chi connectivity index (χ0v) is 13.8. The first-order chi connectivity index (χ1) is 10.9. The summed E-state index contributed by atoms with van der Waals surface area (Å²) in [6, 6.07) is 6.33. The maximum absolute atomic E-state index is 12.3. The van der Waals surface area contributed by atoms with Gasteiger partial charge in [-0.3, -0.25) is 14.5 Å². The first kappa shape index (κ1) is 17.2. The number of hydrogen-bond donors (Lipinski definition) is 1. The van der Waals surface area contributed by atoms with Crippen molar-refractivity contribution in [3.05, 3.63) is 40.3 Å². The van der Waals surface area contributed by atoms with E-state index in [9.17, 15) is 14.4 Å². The van der Waals surface area contributed by atoms with E-state index >= 15 is 0 Å². The zero-order valence-electron chi connectivity index (χ0n) is 12.1. The topological polar surface area (TPSA) is 83.9 Å². The Morgan fingerprint density at radius 3 is 2.74 bits per heavy atom. The van der Waals surface area contributed by atoms with E-state index in [-0.39, 0.29) is 27.9 Å². The largest absolute Gasteiger partial charge is 0.478 e. The van der Waals surface area contributed by atoms with Crippen molar-refractivity contribution in [3.8, 4) is 0 Å². The highest BCUT2D eigenvalue weighted by Crippen LogP contribution is 2.32. The molecule has 1 saturated heterocycles. The maximum Gasteiger partial charge on any atom is 0.336 e. The summed E-state index contributed by atoms with van der Waals surface area (Å²) in [5.74, 6) is -2.07. The van der Waals surface area contributed by atoms with E-state index in [2.05, 4.69) is 0 Å². The molecule has 23 heavy (non-hydrogen) atoms.